The number of aliphatic imine (C=N–C) groups is 1. The number of rotatable bonds is 9. The summed E-state index contributed by atoms with van der Waals surface area (Å²) in [5.74, 6) is 0.862. The van der Waals surface area contributed by atoms with E-state index in [1.807, 2.05) is 11.8 Å². The molecule has 2 N–H and O–H groups in total. The van der Waals surface area contributed by atoms with Gasteiger partial charge in [0.15, 0.2) is 5.96 Å². The number of halogens is 2. The topological polar surface area (TPSA) is 56.7 Å². The summed E-state index contributed by atoms with van der Waals surface area (Å²) in [4.78, 5) is 18.6. The molecular weight excluding hydrogens is 458 g/mol. The van der Waals surface area contributed by atoms with Crippen molar-refractivity contribution in [3.63, 3.8) is 0 Å². The largest absolute Gasteiger partial charge is 0.357 e. The Morgan fingerprint density at radius 3 is 2.59 bits per heavy atom. The van der Waals surface area contributed by atoms with Gasteiger partial charge in [-0.1, -0.05) is 19.1 Å². The van der Waals surface area contributed by atoms with Crippen molar-refractivity contribution in [1.82, 2.24) is 15.5 Å². The number of amides is 1. The van der Waals surface area contributed by atoms with Gasteiger partial charge in [-0.15, -0.1) is 24.0 Å². The number of hydrogen-bond acceptors (Lipinski definition) is 2. The summed E-state index contributed by atoms with van der Waals surface area (Å²) in [7, 11) is 0. The van der Waals surface area contributed by atoms with Crippen LogP contribution in [0.1, 0.15) is 45.1 Å². The fourth-order valence-electron chi connectivity index (χ4n) is 3.28. The number of hydrogen-bond donors (Lipinski definition) is 2. The van der Waals surface area contributed by atoms with Gasteiger partial charge in [0.1, 0.15) is 5.82 Å². The quantitative estimate of drug-likeness (QED) is 0.317. The van der Waals surface area contributed by atoms with Crippen LogP contribution in [0.2, 0.25) is 0 Å². The van der Waals surface area contributed by atoms with Gasteiger partial charge in [0.2, 0.25) is 5.91 Å². The van der Waals surface area contributed by atoms with E-state index in [4.69, 9.17) is 0 Å². The van der Waals surface area contributed by atoms with E-state index in [9.17, 15) is 9.18 Å². The summed E-state index contributed by atoms with van der Waals surface area (Å²) < 4.78 is 12.9. The maximum Gasteiger partial charge on any atom is 0.222 e. The molecule has 0 aromatic heterocycles. The average Bonchev–Trinajstić information content (AvgIpc) is 3.06. The molecule has 0 bridgehead atoms. The Balaban J connectivity index is 0.00000364. The highest BCUT2D eigenvalue weighted by Gasteiger charge is 2.26. The first-order chi connectivity index (χ1) is 12.6. The molecule has 5 nitrogen and oxygen atoms in total. The van der Waals surface area contributed by atoms with Crippen molar-refractivity contribution in [3.8, 4) is 0 Å². The van der Waals surface area contributed by atoms with Gasteiger partial charge in [-0.25, -0.2) is 4.39 Å². The minimum Gasteiger partial charge on any atom is -0.357 e. The second-order valence-electron chi connectivity index (χ2n) is 6.61. The third-order valence-electron chi connectivity index (χ3n) is 4.72. The molecule has 1 amide bonds. The summed E-state index contributed by atoms with van der Waals surface area (Å²) >= 11 is 0. The molecule has 1 heterocycles. The number of guanidine groups is 1. The summed E-state index contributed by atoms with van der Waals surface area (Å²) in [5, 5.41) is 6.56. The Bertz CT molecular complexity index is 594. The molecule has 1 atom stereocenters. The molecule has 1 aliphatic rings. The minimum atomic E-state index is -0.210. The summed E-state index contributed by atoms with van der Waals surface area (Å²) in [5.41, 5.74) is 1.09. The van der Waals surface area contributed by atoms with E-state index in [1.165, 1.54) is 12.1 Å². The number of nitrogens with one attached hydrogen (secondary N) is 2. The van der Waals surface area contributed by atoms with Gasteiger partial charge in [0.05, 0.1) is 0 Å². The molecule has 0 radical (unpaired) electrons. The third-order valence-corrected chi connectivity index (χ3v) is 4.72. The first kappa shape index (κ1) is 23.7. The highest BCUT2D eigenvalue weighted by Crippen LogP contribution is 2.18. The highest BCUT2D eigenvalue weighted by atomic mass is 127. The Morgan fingerprint density at radius 2 is 2.00 bits per heavy atom. The zero-order chi connectivity index (χ0) is 18.8. The molecule has 1 aliphatic heterocycles. The normalized spacial score (nSPS) is 15.4. The lowest BCUT2D eigenvalue weighted by Crippen LogP contribution is -2.39. The molecule has 0 saturated carbocycles. The van der Waals surface area contributed by atoms with Crippen LogP contribution in [0.5, 0.6) is 0 Å². The maximum absolute atomic E-state index is 12.9. The van der Waals surface area contributed by atoms with Crippen LogP contribution in [-0.4, -0.2) is 49.0 Å². The Kier molecular flexibility index (Phi) is 11.3. The first-order valence-electron chi connectivity index (χ1n) is 9.70. The summed E-state index contributed by atoms with van der Waals surface area (Å²) in [6.45, 7) is 7.27. The number of carbonyl (C=O) groups is 1. The predicted octanol–water partition coefficient (Wildman–Crippen LogP) is 3.33. The van der Waals surface area contributed by atoms with E-state index in [1.54, 1.807) is 12.1 Å². The smallest absolute Gasteiger partial charge is 0.222 e. The van der Waals surface area contributed by atoms with E-state index >= 15 is 0 Å². The van der Waals surface area contributed by atoms with Gasteiger partial charge in [-0.2, -0.15) is 0 Å². The monoisotopic (exact) mass is 490 g/mol. The third kappa shape index (κ3) is 8.02. The molecule has 1 aromatic rings. The van der Waals surface area contributed by atoms with Gasteiger partial charge < -0.3 is 15.5 Å². The van der Waals surface area contributed by atoms with Crippen LogP contribution in [0.4, 0.5) is 4.39 Å². The maximum atomic E-state index is 12.9. The molecule has 2 rings (SSSR count). The van der Waals surface area contributed by atoms with E-state index in [0.29, 0.717) is 13.0 Å². The van der Waals surface area contributed by atoms with Crippen molar-refractivity contribution < 1.29 is 9.18 Å². The van der Waals surface area contributed by atoms with Crippen molar-refractivity contribution in [2.75, 3.05) is 26.2 Å². The van der Waals surface area contributed by atoms with Gasteiger partial charge in [-0.05, 0) is 50.3 Å². The van der Waals surface area contributed by atoms with Crippen LogP contribution in [0.3, 0.4) is 0 Å². The fraction of sp³-hybridized carbons (Fsp3) is 0.600. The number of benzene rings is 1. The molecule has 0 spiro atoms. The van der Waals surface area contributed by atoms with Crippen molar-refractivity contribution in [2.24, 2.45) is 4.99 Å². The lowest BCUT2D eigenvalue weighted by molar-refractivity contribution is -0.129. The van der Waals surface area contributed by atoms with Crippen molar-refractivity contribution in [3.05, 3.63) is 35.6 Å². The molecule has 1 unspecified atom stereocenters. The number of carbonyl (C=O) groups excluding carboxylic acids is 1. The van der Waals surface area contributed by atoms with Crippen LogP contribution >= 0.6 is 24.0 Å². The standard InChI is InChI=1S/C20H31FN4O.HI/c1-3-18(25-15-5-6-19(25)26)12-14-24-20(22-4-2)23-13-11-16-7-9-17(21)10-8-16;/h7-10,18H,3-6,11-15H2,1-2H3,(H2,22,23,24);1H. The highest BCUT2D eigenvalue weighted by molar-refractivity contribution is 14.0. The predicted molar refractivity (Wildman–Crippen MR) is 119 cm³/mol. The van der Waals surface area contributed by atoms with Gasteiger partial charge in [0, 0.05) is 38.6 Å². The molecule has 152 valence electrons. The van der Waals surface area contributed by atoms with Crippen LogP contribution in [0.15, 0.2) is 29.3 Å². The van der Waals surface area contributed by atoms with E-state index in [0.717, 1.165) is 56.8 Å². The number of likely N-dealkylation sites (tertiary alicyclic amines) is 1. The first-order valence-corrected chi connectivity index (χ1v) is 9.70. The van der Waals surface area contributed by atoms with Gasteiger partial charge in [0.25, 0.3) is 0 Å². The Morgan fingerprint density at radius 1 is 1.26 bits per heavy atom. The SMILES string of the molecule is CCNC(=NCCC(CC)N1CCCC1=O)NCCc1ccc(F)cc1.I. The minimum absolute atomic E-state index is 0. The number of nitrogens with zero attached hydrogens (tertiary/aromatic N) is 2. The van der Waals surface area contributed by atoms with Crippen molar-refractivity contribution in [1.29, 1.82) is 0 Å². The molecule has 1 aromatic carbocycles. The fourth-order valence-corrected chi connectivity index (χ4v) is 3.28. The summed E-state index contributed by atoms with van der Waals surface area (Å²) in [6, 6.07) is 6.87. The van der Waals surface area contributed by atoms with Gasteiger partial charge in [-0.3, -0.25) is 9.79 Å². The van der Waals surface area contributed by atoms with Crippen LogP contribution in [0, 0.1) is 5.82 Å². The summed E-state index contributed by atoms with van der Waals surface area (Å²) in [6.07, 6.45) is 4.33. The van der Waals surface area contributed by atoms with Gasteiger partial charge >= 0.3 is 0 Å². The lowest BCUT2D eigenvalue weighted by atomic mass is 10.1. The van der Waals surface area contributed by atoms with Crippen LogP contribution in [0.25, 0.3) is 0 Å². The molecule has 7 heteroatoms. The molecule has 1 fully saturated rings. The zero-order valence-electron chi connectivity index (χ0n) is 16.3. The van der Waals surface area contributed by atoms with Crippen LogP contribution in [-0.2, 0) is 11.2 Å². The van der Waals surface area contributed by atoms with E-state index in [2.05, 4.69) is 22.5 Å². The Labute approximate surface area is 179 Å². The van der Waals surface area contributed by atoms with E-state index in [-0.39, 0.29) is 41.7 Å². The molecular formula is C20H32FIN4O. The zero-order valence-corrected chi connectivity index (χ0v) is 18.7. The Hall–Kier alpha value is -1.38. The molecule has 1 saturated heterocycles. The second kappa shape index (κ2) is 12.9. The lowest BCUT2D eigenvalue weighted by Gasteiger charge is -2.26. The second-order valence-corrected chi connectivity index (χ2v) is 6.61. The van der Waals surface area contributed by atoms with Crippen molar-refractivity contribution in [2.45, 2.75) is 52.0 Å². The van der Waals surface area contributed by atoms with E-state index < -0.39 is 0 Å². The molecule has 0 aliphatic carbocycles. The van der Waals surface area contributed by atoms with Crippen LogP contribution < -0.4 is 10.6 Å². The van der Waals surface area contributed by atoms with Crippen molar-refractivity contribution >= 4 is 35.8 Å². The average molecular weight is 490 g/mol. The molecule has 27 heavy (non-hydrogen) atoms.